The number of carbonyl (C=O) groups excluding carboxylic acids is 1. The van der Waals surface area contributed by atoms with E-state index in [0.29, 0.717) is 6.42 Å². The molecule has 0 saturated heterocycles. The number of hydrogen-bond donors (Lipinski definition) is 3. The molecule has 0 aliphatic carbocycles. The van der Waals surface area contributed by atoms with E-state index in [4.69, 9.17) is 10.9 Å². The zero-order valence-electron chi connectivity index (χ0n) is 11.6. The van der Waals surface area contributed by atoms with Crippen molar-refractivity contribution in [3.8, 4) is 0 Å². The normalized spacial score (nSPS) is 14.8. The summed E-state index contributed by atoms with van der Waals surface area (Å²) >= 11 is 0. The molecule has 0 spiro atoms. The van der Waals surface area contributed by atoms with Crippen LogP contribution in [-0.2, 0) is 4.79 Å². The third kappa shape index (κ3) is 3.71. The van der Waals surface area contributed by atoms with Crippen LogP contribution >= 0.6 is 0 Å². The van der Waals surface area contributed by atoms with Gasteiger partial charge in [0.25, 0.3) is 0 Å². The Kier molecular flexibility index (Phi) is 5.36. The van der Waals surface area contributed by atoms with Crippen molar-refractivity contribution in [2.45, 2.75) is 33.2 Å². The van der Waals surface area contributed by atoms with Crippen molar-refractivity contribution in [2.24, 2.45) is 16.8 Å². The van der Waals surface area contributed by atoms with Gasteiger partial charge in [0.15, 0.2) is 5.84 Å². The van der Waals surface area contributed by atoms with Crippen LogP contribution in [0.15, 0.2) is 29.4 Å². The molecule has 0 heterocycles. The van der Waals surface area contributed by atoms with E-state index < -0.39 is 5.92 Å². The van der Waals surface area contributed by atoms with Crippen LogP contribution in [0, 0.1) is 12.8 Å². The third-order valence-corrected chi connectivity index (χ3v) is 3.21. The summed E-state index contributed by atoms with van der Waals surface area (Å²) in [6, 6.07) is 7.75. The highest BCUT2D eigenvalue weighted by Gasteiger charge is 2.23. The monoisotopic (exact) mass is 263 g/mol. The summed E-state index contributed by atoms with van der Waals surface area (Å²) in [6.45, 7) is 5.73. The number of hydrogen-bond acceptors (Lipinski definition) is 3. The molecule has 0 aliphatic heterocycles. The van der Waals surface area contributed by atoms with Crippen molar-refractivity contribution in [1.29, 1.82) is 0 Å². The molecule has 19 heavy (non-hydrogen) atoms. The molecule has 1 amide bonds. The molecule has 5 heteroatoms. The Morgan fingerprint density at radius 2 is 2.11 bits per heavy atom. The maximum Gasteiger partial charge on any atom is 0.231 e. The number of amidine groups is 1. The number of aryl methyl sites for hydroxylation is 1. The van der Waals surface area contributed by atoms with Crippen LogP contribution in [0.5, 0.6) is 0 Å². The number of nitrogens with zero attached hydrogens (tertiary/aromatic N) is 1. The second-order valence-corrected chi connectivity index (χ2v) is 4.57. The first-order chi connectivity index (χ1) is 9.01. The quantitative estimate of drug-likeness (QED) is 0.328. The molecule has 0 fully saturated rings. The Labute approximate surface area is 113 Å². The van der Waals surface area contributed by atoms with Crippen molar-refractivity contribution in [1.82, 2.24) is 5.32 Å². The summed E-state index contributed by atoms with van der Waals surface area (Å²) in [5.41, 5.74) is 7.69. The number of nitrogens with one attached hydrogen (secondary N) is 1. The van der Waals surface area contributed by atoms with Gasteiger partial charge in [-0.3, -0.25) is 4.79 Å². The molecule has 0 saturated carbocycles. The second-order valence-electron chi connectivity index (χ2n) is 4.57. The van der Waals surface area contributed by atoms with Crippen molar-refractivity contribution in [2.75, 3.05) is 0 Å². The zero-order chi connectivity index (χ0) is 14.4. The van der Waals surface area contributed by atoms with E-state index in [1.165, 1.54) is 0 Å². The van der Waals surface area contributed by atoms with Gasteiger partial charge in [-0.25, -0.2) is 0 Å². The molecule has 4 N–H and O–H groups in total. The largest absolute Gasteiger partial charge is 0.409 e. The lowest BCUT2D eigenvalue weighted by atomic mass is 10.00. The number of carbonyl (C=O) groups is 1. The minimum absolute atomic E-state index is 0.0583. The average Bonchev–Trinajstić information content (AvgIpc) is 2.39. The molecule has 1 rings (SSSR count). The number of nitrogens with two attached hydrogens (primary N) is 1. The van der Waals surface area contributed by atoms with E-state index in [9.17, 15) is 4.79 Å². The molecule has 0 bridgehead atoms. The predicted octanol–water partition coefficient (Wildman–Crippen LogP) is 1.94. The third-order valence-electron chi connectivity index (χ3n) is 3.21. The van der Waals surface area contributed by atoms with Gasteiger partial charge in [-0.2, -0.15) is 0 Å². The highest BCUT2D eigenvalue weighted by atomic mass is 16.4. The first-order valence-electron chi connectivity index (χ1n) is 6.34. The van der Waals surface area contributed by atoms with Crippen LogP contribution in [0.4, 0.5) is 0 Å². The van der Waals surface area contributed by atoms with E-state index in [-0.39, 0.29) is 17.8 Å². The van der Waals surface area contributed by atoms with Gasteiger partial charge in [0.1, 0.15) is 0 Å². The van der Waals surface area contributed by atoms with Crippen LogP contribution in [0.25, 0.3) is 0 Å². The molecule has 2 unspecified atom stereocenters. The molecule has 1 aromatic rings. The van der Waals surface area contributed by atoms with Crippen LogP contribution in [0.3, 0.4) is 0 Å². The summed E-state index contributed by atoms with van der Waals surface area (Å²) in [6.07, 6.45) is 0.488. The summed E-state index contributed by atoms with van der Waals surface area (Å²) in [5, 5.41) is 14.5. The molecule has 0 radical (unpaired) electrons. The highest BCUT2D eigenvalue weighted by Crippen LogP contribution is 2.17. The van der Waals surface area contributed by atoms with Gasteiger partial charge in [0.2, 0.25) is 5.91 Å². The van der Waals surface area contributed by atoms with Crippen LogP contribution in [-0.4, -0.2) is 17.0 Å². The summed E-state index contributed by atoms with van der Waals surface area (Å²) in [4.78, 5) is 12.1. The first-order valence-corrected chi connectivity index (χ1v) is 6.34. The smallest absolute Gasteiger partial charge is 0.231 e. The number of amides is 1. The average molecular weight is 263 g/mol. The van der Waals surface area contributed by atoms with Crippen LogP contribution < -0.4 is 11.1 Å². The van der Waals surface area contributed by atoms with E-state index in [0.717, 1.165) is 11.1 Å². The minimum Gasteiger partial charge on any atom is -0.409 e. The summed E-state index contributed by atoms with van der Waals surface area (Å²) < 4.78 is 0. The van der Waals surface area contributed by atoms with E-state index in [2.05, 4.69) is 10.5 Å². The lowest BCUT2D eigenvalue weighted by Gasteiger charge is -2.20. The SMILES string of the molecule is CCC(C(=O)NC(C)c1ccccc1C)C(N)=NO. The first kappa shape index (κ1) is 15.0. The molecular weight excluding hydrogens is 242 g/mol. The van der Waals surface area contributed by atoms with E-state index >= 15 is 0 Å². The maximum absolute atomic E-state index is 12.1. The molecular formula is C14H21N3O2. The van der Waals surface area contributed by atoms with Gasteiger partial charge in [0, 0.05) is 0 Å². The summed E-state index contributed by atoms with van der Waals surface area (Å²) in [7, 11) is 0. The molecule has 2 atom stereocenters. The van der Waals surface area contributed by atoms with E-state index in [1.807, 2.05) is 45.0 Å². The fourth-order valence-electron chi connectivity index (χ4n) is 2.06. The molecule has 0 aliphatic rings. The minimum atomic E-state index is -0.600. The number of rotatable bonds is 5. The van der Waals surface area contributed by atoms with Crippen molar-refractivity contribution in [3.63, 3.8) is 0 Å². The molecule has 0 aromatic heterocycles. The predicted molar refractivity (Wildman–Crippen MR) is 74.9 cm³/mol. The van der Waals surface area contributed by atoms with Crippen molar-refractivity contribution in [3.05, 3.63) is 35.4 Å². The van der Waals surface area contributed by atoms with Gasteiger partial charge >= 0.3 is 0 Å². The van der Waals surface area contributed by atoms with Crippen LogP contribution in [0.2, 0.25) is 0 Å². The topological polar surface area (TPSA) is 87.7 Å². The lowest BCUT2D eigenvalue weighted by Crippen LogP contribution is -2.39. The summed E-state index contributed by atoms with van der Waals surface area (Å²) in [5.74, 6) is -0.887. The van der Waals surface area contributed by atoms with Gasteiger partial charge in [-0.05, 0) is 31.4 Å². The number of oxime groups is 1. The zero-order valence-corrected chi connectivity index (χ0v) is 11.6. The number of benzene rings is 1. The Morgan fingerprint density at radius 3 is 2.63 bits per heavy atom. The van der Waals surface area contributed by atoms with Crippen molar-refractivity contribution >= 4 is 11.7 Å². The molecule has 1 aromatic carbocycles. The van der Waals surface area contributed by atoms with Crippen molar-refractivity contribution < 1.29 is 10.0 Å². The molecule has 5 nitrogen and oxygen atoms in total. The lowest BCUT2D eigenvalue weighted by molar-refractivity contribution is -0.123. The van der Waals surface area contributed by atoms with Gasteiger partial charge < -0.3 is 16.3 Å². The second kappa shape index (κ2) is 6.78. The Morgan fingerprint density at radius 1 is 1.47 bits per heavy atom. The van der Waals surface area contributed by atoms with Gasteiger partial charge in [-0.15, -0.1) is 0 Å². The van der Waals surface area contributed by atoms with Gasteiger partial charge in [0.05, 0.1) is 12.0 Å². The Hall–Kier alpha value is -2.04. The maximum atomic E-state index is 12.1. The standard InChI is InChI=1S/C14H21N3O2/c1-4-11(13(15)17-19)14(18)16-10(3)12-8-6-5-7-9(12)2/h5-8,10-11,19H,4H2,1-3H3,(H2,15,17)(H,16,18). The fourth-order valence-corrected chi connectivity index (χ4v) is 2.06. The van der Waals surface area contributed by atoms with E-state index in [1.54, 1.807) is 0 Å². The van der Waals surface area contributed by atoms with Gasteiger partial charge in [-0.1, -0.05) is 36.3 Å². The van der Waals surface area contributed by atoms with Crippen LogP contribution in [0.1, 0.15) is 37.4 Å². The Bertz CT molecular complexity index is 472. The molecule has 104 valence electrons. The Balaban J connectivity index is 2.79. The fraction of sp³-hybridized carbons (Fsp3) is 0.429. The highest BCUT2D eigenvalue weighted by molar-refractivity contribution is 6.02.